The maximum Gasteiger partial charge on any atom is 0.408 e. The van der Waals surface area contributed by atoms with Gasteiger partial charge in [-0.1, -0.05) is 44.2 Å². The smallest absolute Gasteiger partial charge is 0.408 e. The van der Waals surface area contributed by atoms with Crippen LogP contribution in [0, 0.1) is 11.8 Å². The van der Waals surface area contributed by atoms with E-state index >= 15 is 0 Å². The lowest BCUT2D eigenvalue weighted by molar-refractivity contribution is -0.156. The number of carbonyl (C=O) groups excluding carboxylic acids is 2. The minimum atomic E-state index is -1.34. The van der Waals surface area contributed by atoms with Gasteiger partial charge in [0.2, 0.25) is 0 Å². The van der Waals surface area contributed by atoms with E-state index in [4.69, 9.17) is 9.47 Å². The Labute approximate surface area is 160 Å². The van der Waals surface area contributed by atoms with E-state index in [1.54, 1.807) is 45.0 Å². The number of alkyl carbamates (subject to hydrolysis) is 1. The predicted octanol–water partition coefficient (Wildman–Crippen LogP) is 3.37. The Morgan fingerprint density at radius 3 is 2.19 bits per heavy atom. The van der Waals surface area contributed by atoms with E-state index in [0.29, 0.717) is 0 Å². The number of carbonyl (C=O) groups is 3. The Morgan fingerprint density at radius 1 is 1.11 bits per heavy atom. The fourth-order valence-corrected chi connectivity index (χ4v) is 2.46. The van der Waals surface area contributed by atoms with E-state index < -0.39 is 35.6 Å². The Bertz CT molecular complexity index is 636. The van der Waals surface area contributed by atoms with Gasteiger partial charge in [-0.3, -0.25) is 4.79 Å². The first-order chi connectivity index (χ1) is 12.5. The second-order valence-electron chi connectivity index (χ2n) is 7.79. The molecular weight excluding hydrogens is 350 g/mol. The molecule has 150 valence electrons. The lowest BCUT2D eigenvalue weighted by Gasteiger charge is -2.27. The van der Waals surface area contributed by atoms with Crippen molar-refractivity contribution in [2.45, 2.75) is 59.3 Å². The molecule has 27 heavy (non-hydrogen) atoms. The van der Waals surface area contributed by atoms with Gasteiger partial charge in [-0.25, -0.2) is 9.59 Å². The van der Waals surface area contributed by atoms with Crippen LogP contribution in [0.4, 0.5) is 4.79 Å². The Morgan fingerprint density at radius 2 is 1.70 bits per heavy atom. The Kier molecular flexibility index (Phi) is 8.28. The molecule has 2 N–H and O–H groups in total. The Balaban J connectivity index is 2.94. The standard InChI is InChI=1S/C20H29NO6/c1-13(2)11-15(17(22)23)16(21-19(25)27-20(3,4)5)18(24)26-12-14-9-7-6-8-10-14/h6-10,13,15-16H,11-12H2,1-5H3,(H,21,25)(H,22,23)/t15-,16+/m1/s1. The normalized spacial score (nSPS) is 13.6. The highest BCUT2D eigenvalue weighted by molar-refractivity contribution is 5.87. The highest BCUT2D eigenvalue weighted by Gasteiger charge is 2.37. The monoisotopic (exact) mass is 379 g/mol. The average molecular weight is 379 g/mol. The first-order valence-corrected chi connectivity index (χ1v) is 8.92. The van der Waals surface area contributed by atoms with Gasteiger partial charge in [-0.15, -0.1) is 0 Å². The van der Waals surface area contributed by atoms with E-state index in [0.717, 1.165) is 5.56 Å². The summed E-state index contributed by atoms with van der Waals surface area (Å²) in [7, 11) is 0. The van der Waals surface area contributed by atoms with Crippen LogP contribution in [0.15, 0.2) is 30.3 Å². The van der Waals surface area contributed by atoms with E-state index in [1.807, 2.05) is 19.9 Å². The molecule has 0 saturated carbocycles. The predicted molar refractivity (Wildman–Crippen MR) is 100.0 cm³/mol. The molecule has 0 aliphatic rings. The summed E-state index contributed by atoms with van der Waals surface area (Å²) in [6.45, 7) is 8.71. The largest absolute Gasteiger partial charge is 0.481 e. The van der Waals surface area contributed by atoms with E-state index in [2.05, 4.69) is 5.32 Å². The van der Waals surface area contributed by atoms with Crippen LogP contribution < -0.4 is 5.32 Å². The molecule has 1 aromatic rings. The number of hydrogen-bond donors (Lipinski definition) is 2. The van der Waals surface area contributed by atoms with Crippen molar-refractivity contribution >= 4 is 18.0 Å². The summed E-state index contributed by atoms with van der Waals surface area (Å²) in [5, 5.41) is 12.0. The molecule has 0 radical (unpaired) electrons. The molecule has 1 aromatic carbocycles. The molecule has 1 amide bonds. The minimum Gasteiger partial charge on any atom is -0.481 e. The number of amides is 1. The van der Waals surface area contributed by atoms with Crippen molar-refractivity contribution in [3.05, 3.63) is 35.9 Å². The maximum atomic E-state index is 12.6. The average Bonchev–Trinajstić information content (AvgIpc) is 2.54. The van der Waals surface area contributed by atoms with Crippen LogP contribution in [0.2, 0.25) is 0 Å². The Hall–Kier alpha value is -2.57. The van der Waals surface area contributed by atoms with Gasteiger partial charge in [-0.2, -0.15) is 0 Å². The zero-order valence-electron chi connectivity index (χ0n) is 16.5. The quantitative estimate of drug-likeness (QED) is 0.672. The molecule has 0 bridgehead atoms. The van der Waals surface area contributed by atoms with Crippen LogP contribution in [0.3, 0.4) is 0 Å². The van der Waals surface area contributed by atoms with Crippen molar-refractivity contribution in [2.75, 3.05) is 0 Å². The van der Waals surface area contributed by atoms with Gasteiger partial charge < -0.3 is 19.9 Å². The number of carboxylic acid groups (broad SMARTS) is 1. The molecule has 0 aliphatic heterocycles. The second-order valence-corrected chi connectivity index (χ2v) is 7.79. The summed E-state index contributed by atoms with van der Waals surface area (Å²) >= 11 is 0. The molecule has 0 spiro atoms. The molecular formula is C20H29NO6. The van der Waals surface area contributed by atoms with Crippen LogP contribution in [0.25, 0.3) is 0 Å². The molecule has 1 rings (SSSR count). The van der Waals surface area contributed by atoms with Crippen LogP contribution >= 0.6 is 0 Å². The summed E-state index contributed by atoms with van der Waals surface area (Å²) in [6.07, 6.45) is -0.657. The van der Waals surface area contributed by atoms with Gasteiger partial charge in [0.05, 0.1) is 5.92 Å². The van der Waals surface area contributed by atoms with Crippen molar-refractivity contribution in [3.63, 3.8) is 0 Å². The number of esters is 1. The van der Waals surface area contributed by atoms with Crippen LogP contribution in [0.5, 0.6) is 0 Å². The van der Waals surface area contributed by atoms with Gasteiger partial charge in [0, 0.05) is 0 Å². The lowest BCUT2D eigenvalue weighted by Crippen LogP contribution is -2.50. The third-order valence-electron chi connectivity index (χ3n) is 3.59. The molecule has 0 heterocycles. The molecule has 7 heteroatoms. The zero-order valence-corrected chi connectivity index (χ0v) is 16.5. The van der Waals surface area contributed by atoms with Crippen molar-refractivity contribution in [1.82, 2.24) is 5.32 Å². The summed E-state index contributed by atoms with van der Waals surface area (Å²) in [4.78, 5) is 36.4. The highest BCUT2D eigenvalue weighted by Crippen LogP contribution is 2.19. The number of nitrogens with one attached hydrogen (secondary N) is 1. The molecule has 0 aliphatic carbocycles. The molecule has 2 atom stereocenters. The fourth-order valence-electron chi connectivity index (χ4n) is 2.46. The molecule has 7 nitrogen and oxygen atoms in total. The maximum absolute atomic E-state index is 12.6. The number of carboxylic acids is 1. The van der Waals surface area contributed by atoms with Crippen molar-refractivity contribution < 1.29 is 29.0 Å². The van der Waals surface area contributed by atoms with Crippen LogP contribution in [0.1, 0.15) is 46.6 Å². The van der Waals surface area contributed by atoms with Crippen LogP contribution in [-0.2, 0) is 25.7 Å². The van der Waals surface area contributed by atoms with Crippen molar-refractivity contribution in [3.8, 4) is 0 Å². The summed E-state index contributed by atoms with van der Waals surface area (Å²) in [5.74, 6) is -3.10. The minimum absolute atomic E-state index is 0.0101. The topological polar surface area (TPSA) is 102 Å². The molecule has 0 saturated heterocycles. The van der Waals surface area contributed by atoms with Gasteiger partial charge in [-0.05, 0) is 38.7 Å². The van der Waals surface area contributed by atoms with Gasteiger partial charge >= 0.3 is 18.0 Å². The van der Waals surface area contributed by atoms with E-state index in [9.17, 15) is 19.5 Å². The number of benzene rings is 1. The first-order valence-electron chi connectivity index (χ1n) is 8.92. The third-order valence-corrected chi connectivity index (χ3v) is 3.59. The highest BCUT2D eigenvalue weighted by atomic mass is 16.6. The van der Waals surface area contributed by atoms with Gasteiger partial charge in [0.25, 0.3) is 0 Å². The van der Waals surface area contributed by atoms with E-state index in [-0.39, 0.29) is 18.9 Å². The summed E-state index contributed by atoms with van der Waals surface area (Å²) < 4.78 is 10.4. The van der Waals surface area contributed by atoms with Crippen molar-refractivity contribution in [1.29, 1.82) is 0 Å². The number of ether oxygens (including phenoxy) is 2. The fraction of sp³-hybridized carbons (Fsp3) is 0.550. The summed E-state index contributed by atoms with van der Waals surface area (Å²) in [6, 6.07) is 7.67. The summed E-state index contributed by atoms with van der Waals surface area (Å²) in [5.41, 5.74) is -0.0168. The van der Waals surface area contributed by atoms with E-state index in [1.165, 1.54) is 0 Å². The van der Waals surface area contributed by atoms with Crippen LogP contribution in [-0.4, -0.2) is 34.8 Å². The molecule has 0 fully saturated rings. The second kappa shape index (κ2) is 9.94. The third kappa shape index (κ3) is 8.57. The molecule has 0 aromatic heterocycles. The zero-order chi connectivity index (χ0) is 20.6. The van der Waals surface area contributed by atoms with Gasteiger partial charge in [0.1, 0.15) is 18.2 Å². The lowest BCUT2D eigenvalue weighted by atomic mass is 9.90. The SMILES string of the molecule is CC(C)C[C@@H](C(=O)O)[C@H](NC(=O)OC(C)(C)C)C(=O)OCc1ccccc1. The first kappa shape index (κ1) is 22.5. The van der Waals surface area contributed by atoms with Gasteiger partial charge in [0.15, 0.2) is 0 Å². The molecule has 0 unspecified atom stereocenters. The number of aliphatic carboxylic acids is 1. The number of hydrogen-bond acceptors (Lipinski definition) is 5. The van der Waals surface area contributed by atoms with Crippen molar-refractivity contribution in [2.24, 2.45) is 11.8 Å². The number of rotatable bonds is 8.